The molecule has 1 aliphatic heterocycles. The van der Waals surface area contributed by atoms with E-state index in [1.54, 1.807) is 12.5 Å². The second-order valence-corrected chi connectivity index (χ2v) is 19.5. The smallest absolute Gasteiger partial charge is 0.305 e. The van der Waals surface area contributed by atoms with E-state index in [-0.39, 0.29) is 36.8 Å². The van der Waals surface area contributed by atoms with E-state index < -0.39 is 6.04 Å². The van der Waals surface area contributed by atoms with E-state index in [9.17, 15) is 14.4 Å². The predicted molar refractivity (Wildman–Crippen MR) is 276 cm³/mol. The van der Waals surface area contributed by atoms with E-state index in [1.165, 1.54) is 77.0 Å². The first-order valence-corrected chi connectivity index (χ1v) is 27.4. The quantitative estimate of drug-likeness (QED) is 0.0194. The lowest BCUT2D eigenvalue weighted by atomic mass is 10.0. The van der Waals surface area contributed by atoms with E-state index in [2.05, 4.69) is 60.3 Å². The van der Waals surface area contributed by atoms with E-state index >= 15 is 0 Å². The number of nitrogens with zero attached hydrogens (tertiary/aromatic N) is 5. The topological polar surface area (TPSA) is 173 Å². The zero-order valence-corrected chi connectivity index (χ0v) is 43.3. The number of alkyl halides is 2. The lowest BCUT2D eigenvalue weighted by molar-refractivity contribution is -0.206. The van der Waals surface area contributed by atoms with Gasteiger partial charge < -0.3 is 39.3 Å². The molecule has 4 N–H and O–H groups in total. The second kappa shape index (κ2) is 32.8. The number of imidazole rings is 2. The monoisotopic (exact) mass is 1000 g/mol. The van der Waals surface area contributed by atoms with Crippen molar-refractivity contribution in [1.29, 1.82) is 0 Å². The number of esters is 1. The van der Waals surface area contributed by atoms with Gasteiger partial charge in [0.05, 0.1) is 42.3 Å². The molecule has 0 saturated carbocycles. The highest BCUT2D eigenvalue weighted by molar-refractivity contribution is 6.18. The molecule has 0 spiro atoms. The molecule has 5 rings (SSSR count). The van der Waals surface area contributed by atoms with Crippen molar-refractivity contribution in [3.63, 3.8) is 0 Å². The molecule has 17 heteroatoms. The Morgan fingerprint density at radius 1 is 0.899 bits per heavy atom. The molecule has 15 nitrogen and oxygen atoms in total. The van der Waals surface area contributed by atoms with Crippen LogP contribution in [0.2, 0.25) is 0 Å². The van der Waals surface area contributed by atoms with Crippen molar-refractivity contribution in [2.45, 2.75) is 193 Å². The molecule has 3 atom stereocenters. The minimum Gasteiger partial charge on any atom is -0.463 e. The molecule has 0 aliphatic carbocycles. The number of anilines is 1. The van der Waals surface area contributed by atoms with E-state index in [1.807, 2.05) is 17.9 Å². The standard InChI is InChI=1S/C52H83Cl2N9O6/c1-3-4-5-6-7-8-9-10-11-12-13-14-15-16-17-23-49(64)59-46(34-41-36-55-40-57-41)52(66)56-37-42-38-63(60-42)30-20-33-67-51-25-18-21-44(69-51)39-68-50(65)24-19-22-48-58-45-35-43(26-27-47(45)61(48)2)62(31-28-53)32-29-54/h26-27,35-36,38,40,44,46,51,60H,3-25,28-34,37,39H2,1-2H3,(H,55,57)(H,56,66)(H,59,64). The van der Waals surface area contributed by atoms with E-state index in [0.29, 0.717) is 70.1 Å². The SMILES string of the molecule is CCCCCCCCCCCCCCCCCC(=O)NC(Cc1cnc[nH]1)C(=O)NCc1cn(CCCOC2CCCC(COC(=O)CCCc3nc4cc(N(CCCl)CCCl)ccc4n3C)O2)[nH]1. The number of ether oxygens (including phenoxy) is 3. The Morgan fingerprint density at radius 3 is 2.26 bits per heavy atom. The van der Waals surface area contributed by atoms with Crippen molar-refractivity contribution in [3.8, 4) is 0 Å². The molecule has 3 unspecified atom stereocenters. The third-order valence-electron chi connectivity index (χ3n) is 13.1. The summed E-state index contributed by atoms with van der Waals surface area (Å²) in [5, 5.41) is 9.23. The molecule has 0 radical (unpaired) electrons. The third kappa shape index (κ3) is 21.1. The minimum atomic E-state index is -0.697. The van der Waals surface area contributed by atoms with Crippen molar-refractivity contribution in [3.05, 3.63) is 54.1 Å². The molecule has 0 bridgehead atoms. The van der Waals surface area contributed by atoms with Gasteiger partial charge in [0.2, 0.25) is 11.8 Å². The van der Waals surface area contributed by atoms with Gasteiger partial charge >= 0.3 is 5.97 Å². The highest BCUT2D eigenvalue weighted by Crippen LogP contribution is 2.25. The lowest BCUT2D eigenvalue weighted by Gasteiger charge is -2.29. The van der Waals surface area contributed by atoms with Crippen LogP contribution in [-0.4, -0.2) is 104 Å². The molecular weight excluding hydrogens is 918 g/mol. The largest absolute Gasteiger partial charge is 0.463 e. The van der Waals surface area contributed by atoms with Crippen molar-refractivity contribution >= 4 is 57.7 Å². The zero-order chi connectivity index (χ0) is 48.9. The van der Waals surface area contributed by atoms with Crippen LogP contribution < -0.4 is 15.5 Å². The van der Waals surface area contributed by atoms with Gasteiger partial charge in [0, 0.05) is 87.9 Å². The summed E-state index contributed by atoms with van der Waals surface area (Å²) in [6, 6.07) is 5.52. The number of halogens is 2. The summed E-state index contributed by atoms with van der Waals surface area (Å²) in [6.07, 6.45) is 29.5. The Balaban J connectivity index is 0.893. The maximum absolute atomic E-state index is 13.3. The number of carbonyl (C=O) groups is 3. The lowest BCUT2D eigenvalue weighted by Crippen LogP contribution is -2.48. The molecule has 2 amide bonds. The number of aromatic nitrogens is 6. The molecular formula is C52H83Cl2N9O6. The first-order valence-electron chi connectivity index (χ1n) is 26.3. The maximum atomic E-state index is 13.3. The highest BCUT2D eigenvalue weighted by atomic mass is 35.5. The number of carbonyl (C=O) groups excluding carboxylic acids is 3. The Hall–Kier alpha value is -4.05. The number of amides is 2. The van der Waals surface area contributed by atoms with Crippen LogP contribution in [0.15, 0.2) is 36.9 Å². The van der Waals surface area contributed by atoms with E-state index in [0.717, 1.165) is 85.4 Å². The fraction of sp³-hybridized carbons (Fsp3) is 0.712. The van der Waals surface area contributed by atoms with Crippen LogP contribution in [0.3, 0.4) is 0 Å². The van der Waals surface area contributed by atoms with Crippen molar-refractivity contribution in [1.82, 2.24) is 39.9 Å². The number of rotatable bonds is 38. The fourth-order valence-electron chi connectivity index (χ4n) is 9.07. The number of benzene rings is 1. The summed E-state index contributed by atoms with van der Waals surface area (Å²) < 4.78 is 21.9. The van der Waals surface area contributed by atoms with Crippen LogP contribution in [0.4, 0.5) is 5.69 Å². The first kappa shape index (κ1) is 55.9. The molecule has 4 aromatic rings. The molecule has 1 fully saturated rings. The van der Waals surface area contributed by atoms with Gasteiger partial charge in [0.15, 0.2) is 6.29 Å². The van der Waals surface area contributed by atoms with Crippen LogP contribution in [0, 0.1) is 0 Å². The summed E-state index contributed by atoms with van der Waals surface area (Å²) in [5.74, 6) is 1.39. The summed E-state index contributed by atoms with van der Waals surface area (Å²) in [6.45, 7) is 5.48. The normalized spacial score (nSPS) is 15.4. The molecule has 3 aromatic heterocycles. The molecule has 4 heterocycles. The molecule has 69 heavy (non-hydrogen) atoms. The molecule has 1 aliphatic rings. The van der Waals surface area contributed by atoms with Gasteiger partial charge in [-0.2, -0.15) is 0 Å². The third-order valence-corrected chi connectivity index (χ3v) is 13.4. The average Bonchev–Trinajstić information content (AvgIpc) is 3.97. The Bertz CT molecular complexity index is 2000. The Labute approximate surface area is 421 Å². The summed E-state index contributed by atoms with van der Waals surface area (Å²) >= 11 is 12.0. The number of hydrogen-bond donors (Lipinski definition) is 4. The highest BCUT2D eigenvalue weighted by Gasteiger charge is 2.25. The van der Waals surface area contributed by atoms with Crippen molar-refractivity contribution in [2.24, 2.45) is 7.05 Å². The second-order valence-electron chi connectivity index (χ2n) is 18.8. The number of fused-ring (bicyclic) bond motifs is 1. The van der Waals surface area contributed by atoms with Crippen LogP contribution >= 0.6 is 23.2 Å². The van der Waals surface area contributed by atoms with Gasteiger partial charge in [-0.3, -0.25) is 24.2 Å². The number of hydrogen-bond acceptors (Lipinski definition) is 9. The van der Waals surface area contributed by atoms with Crippen LogP contribution in [0.1, 0.15) is 165 Å². The fourth-order valence-corrected chi connectivity index (χ4v) is 9.47. The van der Waals surface area contributed by atoms with Crippen LogP contribution in [-0.2, 0) is 61.6 Å². The predicted octanol–water partition coefficient (Wildman–Crippen LogP) is 10.2. The number of nitrogens with one attached hydrogen (secondary N) is 4. The van der Waals surface area contributed by atoms with Gasteiger partial charge in [-0.05, 0) is 56.7 Å². The molecule has 1 saturated heterocycles. The number of aryl methyl sites for hydroxylation is 3. The van der Waals surface area contributed by atoms with Crippen molar-refractivity contribution < 1.29 is 28.6 Å². The average molecular weight is 1000 g/mol. The molecule has 1 aromatic carbocycles. The number of H-pyrrole nitrogens is 2. The zero-order valence-electron chi connectivity index (χ0n) is 41.8. The van der Waals surface area contributed by atoms with Crippen LogP contribution in [0.25, 0.3) is 11.0 Å². The first-order chi connectivity index (χ1) is 33.8. The Morgan fingerprint density at radius 2 is 1.59 bits per heavy atom. The number of aromatic amines is 2. The van der Waals surface area contributed by atoms with Gasteiger partial charge in [0.25, 0.3) is 0 Å². The summed E-state index contributed by atoms with van der Waals surface area (Å²) in [5.41, 5.74) is 4.66. The van der Waals surface area contributed by atoms with E-state index in [4.69, 9.17) is 42.4 Å². The van der Waals surface area contributed by atoms with Gasteiger partial charge in [-0.25, -0.2) is 9.97 Å². The van der Waals surface area contributed by atoms with Crippen LogP contribution in [0.5, 0.6) is 0 Å². The van der Waals surface area contributed by atoms with Gasteiger partial charge in [-0.1, -0.05) is 96.8 Å². The van der Waals surface area contributed by atoms with Gasteiger partial charge in [0.1, 0.15) is 18.5 Å². The minimum absolute atomic E-state index is 0.0981. The molecule has 386 valence electrons. The maximum Gasteiger partial charge on any atom is 0.305 e. The number of unbranched alkanes of at least 4 members (excludes halogenated alkanes) is 14. The van der Waals surface area contributed by atoms with Crippen molar-refractivity contribution in [2.75, 3.05) is 43.0 Å². The summed E-state index contributed by atoms with van der Waals surface area (Å²) in [7, 11) is 2.00. The summed E-state index contributed by atoms with van der Waals surface area (Å²) in [4.78, 5) is 53.0. The van der Waals surface area contributed by atoms with Gasteiger partial charge in [-0.15, -0.1) is 23.2 Å². The Kier molecular flexibility index (Phi) is 26.5.